The van der Waals surface area contributed by atoms with E-state index in [2.05, 4.69) is 10.6 Å². The third kappa shape index (κ3) is 4.84. The molecule has 210 valence electrons. The molecule has 3 N–H and O–H groups in total. The Labute approximate surface area is 222 Å². The molecule has 2 amide bonds. The summed E-state index contributed by atoms with van der Waals surface area (Å²) in [5.41, 5.74) is -1.79. The number of aliphatic hydroxyl groups excluding tert-OH is 1. The summed E-state index contributed by atoms with van der Waals surface area (Å²) in [4.78, 5) is 41.3. The first-order chi connectivity index (χ1) is 17.8. The molecule has 2 heterocycles. The smallest absolute Gasteiger partial charge is 0.293 e. The van der Waals surface area contributed by atoms with Crippen molar-refractivity contribution in [1.82, 2.24) is 14.8 Å². The van der Waals surface area contributed by atoms with Gasteiger partial charge in [0.15, 0.2) is 11.6 Å². The fraction of sp³-hybridized carbons (Fsp3) is 0.519. The van der Waals surface area contributed by atoms with Gasteiger partial charge in [-0.05, 0) is 58.0 Å². The number of ketones is 1. The van der Waals surface area contributed by atoms with E-state index >= 15 is 4.39 Å². The van der Waals surface area contributed by atoms with E-state index in [0.29, 0.717) is 31.5 Å². The zero-order valence-electron chi connectivity index (χ0n) is 22.0. The zero-order valence-corrected chi connectivity index (χ0v) is 22.0. The van der Waals surface area contributed by atoms with E-state index in [9.17, 15) is 28.3 Å². The van der Waals surface area contributed by atoms with Crippen molar-refractivity contribution in [2.75, 3.05) is 19.4 Å². The van der Waals surface area contributed by atoms with Gasteiger partial charge in [-0.2, -0.15) is 0 Å². The van der Waals surface area contributed by atoms with Crippen LogP contribution in [0.15, 0.2) is 18.2 Å². The minimum Gasteiger partial charge on any atom is -0.376 e. The zero-order chi connectivity index (χ0) is 28.0. The maximum atomic E-state index is 15.1. The predicted molar refractivity (Wildman–Crippen MR) is 139 cm³/mol. The molecule has 1 unspecified atom stereocenters. The summed E-state index contributed by atoms with van der Waals surface area (Å²) >= 11 is 0. The van der Waals surface area contributed by atoms with Crippen molar-refractivity contribution < 1.29 is 35.5 Å². The standard InChI is InChI=1S/C27H33F3N4O4.2H2/c1-5-10-26(30)13-27(14-26,25(38)33(3)4)32-24(37)22(35)20-15(2)21(34-11-6-7-19(20)34)23(36)31-16-8-9-17(28)18(29)12-16;;/h8-9,12,25,38H,5-7,10-11,13-14H2,1-4H3,(H,31,36)(H,32,37);2*1H. The first kappa shape index (κ1) is 27.8. The molecule has 1 aliphatic carbocycles. The Morgan fingerprint density at radius 2 is 1.89 bits per heavy atom. The molecule has 0 saturated heterocycles. The molecule has 2 aromatic rings. The Morgan fingerprint density at radius 1 is 1.21 bits per heavy atom. The van der Waals surface area contributed by atoms with Gasteiger partial charge in [0.2, 0.25) is 0 Å². The molecule has 0 radical (unpaired) electrons. The van der Waals surface area contributed by atoms with E-state index < -0.39 is 46.7 Å². The number of hydrogen-bond donors (Lipinski definition) is 3. The number of aliphatic hydroxyl groups is 1. The molecular weight excluding hydrogens is 501 g/mol. The number of rotatable bonds is 9. The quantitative estimate of drug-likeness (QED) is 0.255. The Hall–Kier alpha value is -3.18. The normalized spacial score (nSPS) is 23.1. The number of likely N-dealkylation sites (N-methyl/N-ethyl adjacent to an activating group) is 1. The first-order valence-electron chi connectivity index (χ1n) is 12.7. The van der Waals surface area contributed by atoms with Gasteiger partial charge in [-0.3, -0.25) is 19.3 Å². The number of carbonyl (C=O) groups excluding carboxylic acids is 3. The van der Waals surface area contributed by atoms with Crippen molar-refractivity contribution in [3.8, 4) is 0 Å². The van der Waals surface area contributed by atoms with Gasteiger partial charge in [0, 0.05) is 39.7 Å². The number of Topliss-reactive ketones (excluding diaryl/α,β-unsaturated/α-hetero) is 1. The molecule has 1 saturated carbocycles. The highest BCUT2D eigenvalue weighted by atomic mass is 19.2. The Balaban J connectivity index is 0.00000280. The number of carbonyl (C=O) groups is 3. The number of anilines is 1. The van der Waals surface area contributed by atoms with Crippen molar-refractivity contribution in [1.29, 1.82) is 0 Å². The van der Waals surface area contributed by atoms with Crippen LogP contribution in [-0.4, -0.2) is 63.7 Å². The van der Waals surface area contributed by atoms with Crippen LogP contribution in [0, 0.1) is 18.6 Å². The van der Waals surface area contributed by atoms with Gasteiger partial charge in [0.1, 0.15) is 17.6 Å². The van der Waals surface area contributed by atoms with Gasteiger partial charge in [0.05, 0.1) is 11.1 Å². The third-order valence-corrected chi connectivity index (χ3v) is 7.54. The Kier molecular flexibility index (Phi) is 7.46. The van der Waals surface area contributed by atoms with Gasteiger partial charge in [-0.25, -0.2) is 13.2 Å². The lowest BCUT2D eigenvalue weighted by Gasteiger charge is -2.55. The second kappa shape index (κ2) is 10.2. The summed E-state index contributed by atoms with van der Waals surface area (Å²) in [6, 6.07) is 2.97. The van der Waals surface area contributed by atoms with Crippen molar-refractivity contribution in [2.24, 2.45) is 0 Å². The minimum atomic E-state index is -1.54. The Morgan fingerprint density at radius 3 is 2.50 bits per heavy atom. The number of amides is 2. The molecule has 1 fully saturated rings. The summed E-state index contributed by atoms with van der Waals surface area (Å²) in [6.07, 6.45) is 0.529. The average Bonchev–Trinajstić information content (AvgIpc) is 3.38. The maximum Gasteiger partial charge on any atom is 0.293 e. The topological polar surface area (TPSA) is 104 Å². The molecule has 11 heteroatoms. The molecule has 0 spiro atoms. The van der Waals surface area contributed by atoms with Crippen molar-refractivity contribution in [2.45, 2.75) is 76.4 Å². The number of halogens is 3. The number of aromatic nitrogens is 1. The van der Waals surface area contributed by atoms with Crippen LogP contribution in [0.3, 0.4) is 0 Å². The van der Waals surface area contributed by atoms with Crippen LogP contribution < -0.4 is 10.6 Å². The summed E-state index contributed by atoms with van der Waals surface area (Å²) in [5.74, 6) is -4.66. The van der Waals surface area contributed by atoms with Gasteiger partial charge < -0.3 is 20.3 Å². The lowest BCUT2D eigenvalue weighted by atomic mass is 9.63. The number of benzene rings is 1. The second-order valence-corrected chi connectivity index (χ2v) is 10.7. The van der Waals surface area contributed by atoms with E-state index in [1.54, 1.807) is 25.6 Å². The molecule has 38 heavy (non-hydrogen) atoms. The molecule has 1 atom stereocenters. The lowest BCUT2D eigenvalue weighted by Crippen LogP contribution is -2.72. The van der Waals surface area contributed by atoms with E-state index in [1.807, 2.05) is 6.92 Å². The van der Waals surface area contributed by atoms with E-state index in [1.165, 1.54) is 11.0 Å². The van der Waals surface area contributed by atoms with Crippen LogP contribution in [0.2, 0.25) is 0 Å². The molecule has 4 rings (SSSR count). The van der Waals surface area contributed by atoms with E-state index in [0.717, 1.165) is 12.1 Å². The van der Waals surface area contributed by atoms with Crippen LogP contribution in [0.5, 0.6) is 0 Å². The molecule has 0 bridgehead atoms. The fourth-order valence-corrected chi connectivity index (χ4v) is 6.01. The molecule has 1 aromatic carbocycles. The number of fused-ring (bicyclic) bond motifs is 1. The van der Waals surface area contributed by atoms with Crippen LogP contribution in [0.25, 0.3) is 0 Å². The monoisotopic (exact) mass is 538 g/mol. The predicted octanol–water partition coefficient (Wildman–Crippen LogP) is 3.99. The number of nitrogens with one attached hydrogen (secondary N) is 2. The minimum absolute atomic E-state index is 0. The van der Waals surface area contributed by atoms with Crippen molar-refractivity contribution in [3.05, 3.63) is 52.3 Å². The molecule has 8 nitrogen and oxygen atoms in total. The summed E-state index contributed by atoms with van der Waals surface area (Å²) < 4.78 is 43.7. The second-order valence-electron chi connectivity index (χ2n) is 10.7. The number of alkyl halides is 1. The molecule has 1 aliphatic heterocycles. The van der Waals surface area contributed by atoms with Gasteiger partial charge in [0.25, 0.3) is 17.6 Å². The summed E-state index contributed by atoms with van der Waals surface area (Å²) in [6.45, 7) is 3.84. The van der Waals surface area contributed by atoms with Crippen LogP contribution >= 0.6 is 0 Å². The van der Waals surface area contributed by atoms with Crippen LogP contribution in [-0.2, 0) is 17.8 Å². The largest absolute Gasteiger partial charge is 0.376 e. The van der Waals surface area contributed by atoms with Gasteiger partial charge >= 0.3 is 0 Å². The average molecular weight is 539 g/mol. The highest BCUT2D eigenvalue weighted by molar-refractivity contribution is 6.44. The highest BCUT2D eigenvalue weighted by Crippen LogP contribution is 2.49. The first-order valence-corrected chi connectivity index (χ1v) is 12.7. The third-order valence-electron chi connectivity index (χ3n) is 7.54. The SMILES string of the molecule is CCCC1(F)CC(NC(=O)C(=O)c2c(C)c(C(=O)Nc3ccc(F)c(F)c3)n3c2CCC3)(C(O)N(C)C)C1.[HH].[HH]. The maximum absolute atomic E-state index is 15.1. The molecular formula is C27H37F3N4O4. The van der Waals surface area contributed by atoms with E-state index in [4.69, 9.17) is 0 Å². The summed E-state index contributed by atoms with van der Waals surface area (Å²) in [7, 11) is 3.20. The van der Waals surface area contributed by atoms with Crippen molar-refractivity contribution >= 4 is 23.3 Å². The van der Waals surface area contributed by atoms with E-state index in [-0.39, 0.29) is 44.6 Å². The highest BCUT2D eigenvalue weighted by Gasteiger charge is 2.60. The lowest BCUT2D eigenvalue weighted by molar-refractivity contribution is -0.153. The summed E-state index contributed by atoms with van der Waals surface area (Å²) in [5, 5.41) is 15.9. The molecule has 1 aromatic heterocycles. The molecule has 2 aliphatic rings. The van der Waals surface area contributed by atoms with Crippen LogP contribution in [0.1, 0.15) is 74.0 Å². The fourth-order valence-electron chi connectivity index (χ4n) is 6.01. The van der Waals surface area contributed by atoms with Gasteiger partial charge in [-0.1, -0.05) is 13.3 Å². The van der Waals surface area contributed by atoms with Gasteiger partial charge in [-0.15, -0.1) is 0 Å². The van der Waals surface area contributed by atoms with Crippen molar-refractivity contribution in [3.63, 3.8) is 0 Å². The number of hydrogen-bond acceptors (Lipinski definition) is 5. The number of nitrogens with zero attached hydrogens (tertiary/aromatic N) is 2. The Bertz CT molecular complexity index is 1300. The van der Waals surface area contributed by atoms with Crippen LogP contribution in [0.4, 0.5) is 18.9 Å².